The van der Waals surface area contributed by atoms with Crippen molar-refractivity contribution in [1.82, 2.24) is 10.2 Å². The van der Waals surface area contributed by atoms with Gasteiger partial charge in [0.15, 0.2) is 0 Å². The summed E-state index contributed by atoms with van der Waals surface area (Å²) in [6, 6.07) is 25.5. The van der Waals surface area contributed by atoms with E-state index in [0.29, 0.717) is 0 Å². The number of hydrogen-bond acceptors (Lipinski definition) is 2. The van der Waals surface area contributed by atoms with E-state index in [0.717, 1.165) is 50.9 Å². The molecule has 2 aliphatic rings. The Morgan fingerprint density at radius 2 is 1.60 bits per heavy atom. The predicted molar refractivity (Wildman–Crippen MR) is 120 cm³/mol. The Bertz CT molecular complexity index is 1040. The van der Waals surface area contributed by atoms with Crippen LogP contribution in [0.15, 0.2) is 72.8 Å². The van der Waals surface area contributed by atoms with Gasteiger partial charge in [-0.1, -0.05) is 60.7 Å². The summed E-state index contributed by atoms with van der Waals surface area (Å²) in [6.07, 6.45) is 4.36. The highest BCUT2D eigenvalue weighted by Crippen LogP contribution is 2.29. The Labute approximate surface area is 178 Å². The molecule has 1 amide bonds. The van der Waals surface area contributed by atoms with Gasteiger partial charge in [-0.05, 0) is 65.6 Å². The van der Waals surface area contributed by atoms with Crippen molar-refractivity contribution in [2.75, 3.05) is 6.54 Å². The normalized spacial score (nSPS) is 18.3. The van der Waals surface area contributed by atoms with Gasteiger partial charge < -0.3 is 5.32 Å². The fraction of sp³-hybridized carbons (Fsp3) is 0.296. The molecule has 5 rings (SSSR count). The largest absolute Gasteiger partial charge is 0.345 e. The third-order valence-corrected chi connectivity index (χ3v) is 6.51. The maximum absolute atomic E-state index is 12.8. The molecular formula is C27H28N2O. The lowest BCUT2D eigenvalue weighted by molar-refractivity contribution is 0.0932. The highest BCUT2D eigenvalue weighted by molar-refractivity contribution is 5.94. The van der Waals surface area contributed by atoms with Crippen molar-refractivity contribution in [2.24, 2.45) is 0 Å². The molecule has 0 bridgehead atoms. The zero-order valence-electron chi connectivity index (χ0n) is 17.3. The molecule has 3 heteroatoms. The SMILES string of the molecule is O=C(N[C@@H]1CCCc2ccccc21)c1ccc(CN2CCc3ccccc3C2)cc1. The number of benzene rings is 3. The lowest BCUT2D eigenvalue weighted by atomic mass is 9.87. The molecule has 0 fully saturated rings. The average Bonchev–Trinajstić information content (AvgIpc) is 2.80. The van der Waals surface area contributed by atoms with Gasteiger partial charge in [-0.3, -0.25) is 9.69 Å². The number of hydrogen-bond donors (Lipinski definition) is 1. The van der Waals surface area contributed by atoms with Gasteiger partial charge in [0, 0.05) is 25.2 Å². The summed E-state index contributed by atoms with van der Waals surface area (Å²) in [6.45, 7) is 3.01. The number of carbonyl (C=O) groups is 1. The predicted octanol–water partition coefficient (Wildman–Crippen LogP) is 5.05. The molecule has 3 nitrogen and oxygen atoms in total. The summed E-state index contributed by atoms with van der Waals surface area (Å²) >= 11 is 0. The van der Waals surface area contributed by atoms with Crippen molar-refractivity contribution >= 4 is 5.91 Å². The molecule has 1 aliphatic heterocycles. The Hall–Kier alpha value is -2.91. The second-order valence-corrected chi connectivity index (χ2v) is 8.54. The van der Waals surface area contributed by atoms with Crippen molar-refractivity contribution in [3.8, 4) is 0 Å². The van der Waals surface area contributed by atoms with E-state index in [1.165, 1.54) is 27.8 Å². The van der Waals surface area contributed by atoms with Crippen LogP contribution in [0.25, 0.3) is 0 Å². The summed E-state index contributed by atoms with van der Waals surface area (Å²) in [7, 11) is 0. The highest BCUT2D eigenvalue weighted by Gasteiger charge is 2.22. The van der Waals surface area contributed by atoms with Crippen LogP contribution in [0.1, 0.15) is 57.1 Å². The molecule has 3 aromatic rings. The zero-order chi connectivity index (χ0) is 20.3. The standard InChI is InChI=1S/C27H28N2O/c30-27(28-26-11-5-9-22-7-3-4-10-25(22)26)23-14-12-20(13-15-23)18-29-17-16-21-6-1-2-8-24(21)19-29/h1-4,6-8,10,12-15,26H,5,9,11,16-19H2,(H,28,30)/t26-/m1/s1. The Morgan fingerprint density at radius 3 is 2.43 bits per heavy atom. The van der Waals surface area contributed by atoms with E-state index < -0.39 is 0 Å². The fourth-order valence-electron chi connectivity index (χ4n) is 4.85. The van der Waals surface area contributed by atoms with Gasteiger partial charge in [-0.15, -0.1) is 0 Å². The minimum Gasteiger partial charge on any atom is -0.345 e. The number of nitrogens with zero attached hydrogens (tertiary/aromatic N) is 1. The number of nitrogens with one attached hydrogen (secondary N) is 1. The van der Waals surface area contributed by atoms with Gasteiger partial charge in [-0.25, -0.2) is 0 Å². The second kappa shape index (κ2) is 8.45. The first-order valence-corrected chi connectivity index (χ1v) is 11.0. The Morgan fingerprint density at radius 1 is 0.867 bits per heavy atom. The van der Waals surface area contributed by atoms with Crippen LogP contribution in [0.2, 0.25) is 0 Å². The molecule has 1 aliphatic carbocycles. The third-order valence-electron chi connectivity index (χ3n) is 6.51. The lowest BCUT2D eigenvalue weighted by Gasteiger charge is -2.28. The van der Waals surface area contributed by atoms with E-state index in [1.807, 2.05) is 12.1 Å². The average molecular weight is 397 g/mol. The molecule has 1 N–H and O–H groups in total. The van der Waals surface area contributed by atoms with E-state index in [9.17, 15) is 4.79 Å². The highest BCUT2D eigenvalue weighted by atomic mass is 16.1. The van der Waals surface area contributed by atoms with Crippen LogP contribution in [0.3, 0.4) is 0 Å². The molecule has 0 aromatic heterocycles. The van der Waals surface area contributed by atoms with Crippen LogP contribution in [-0.4, -0.2) is 17.4 Å². The maximum Gasteiger partial charge on any atom is 0.251 e. The topological polar surface area (TPSA) is 32.3 Å². The molecule has 0 radical (unpaired) electrons. The Kier molecular flexibility index (Phi) is 5.37. The molecule has 1 atom stereocenters. The van der Waals surface area contributed by atoms with Crippen molar-refractivity contribution in [3.05, 3.63) is 106 Å². The van der Waals surface area contributed by atoms with Gasteiger partial charge in [0.25, 0.3) is 5.91 Å². The molecule has 152 valence electrons. The zero-order valence-corrected chi connectivity index (χ0v) is 17.3. The maximum atomic E-state index is 12.8. The molecule has 0 spiro atoms. The monoisotopic (exact) mass is 396 g/mol. The van der Waals surface area contributed by atoms with E-state index in [4.69, 9.17) is 0 Å². The van der Waals surface area contributed by atoms with Gasteiger partial charge in [0.2, 0.25) is 0 Å². The van der Waals surface area contributed by atoms with E-state index >= 15 is 0 Å². The van der Waals surface area contributed by atoms with Gasteiger partial charge in [0.1, 0.15) is 0 Å². The van der Waals surface area contributed by atoms with Crippen molar-refractivity contribution in [2.45, 2.75) is 44.8 Å². The van der Waals surface area contributed by atoms with E-state index in [1.54, 1.807) is 0 Å². The van der Waals surface area contributed by atoms with Crippen LogP contribution in [0.5, 0.6) is 0 Å². The number of rotatable bonds is 4. The molecule has 30 heavy (non-hydrogen) atoms. The first kappa shape index (κ1) is 19.1. The van der Waals surface area contributed by atoms with Crippen LogP contribution in [0, 0.1) is 0 Å². The smallest absolute Gasteiger partial charge is 0.251 e. The first-order valence-electron chi connectivity index (χ1n) is 11.0. The number of fused-ring (bicyclic) bond motifs is 2. The number of carbonyl (C=O) groups excluding carboxylic acids is 1. The van der Waals surface area contributed by atoms with Gasteiger partial charge in [0.05, 0.1) is 6.04 Å². The summed E-state index contributed by atoms with van der Waals surface area (Å²) in [5.74, 6) is 0.0233. The molecule has 1 heterocycles. The van der Waals surface area contributed by atoms with Crippen molar-refractivity contribution < 1.29 is 4.79 Å². The number of aryl methyl sites for hydroxylation is 1. The lowest BCUT2D eigenvalue weighted by Crippen LogP contribution is -2.31. The minimum absolute atomic E-state index is 0.0233. The van der Waals surface area contributed by atoms with Crippen LogP contribution >= 0.6 is 0 Å². The van der Waals surface area contributed by atoms with Crippen molar-refractivity contribution in [1.29, 1.82) is 0 Å². The molecule has 0 unspecified atom stereocenters. The minimum atomic E-state index is 0.0233. The molecule has 3 aromatic carbocycles. The van der Waals surface area contributed by atoms with Crippen LogP contribution in [-0.2, 0) is 25.9 Å². The van der Waals surface area contributed by atoms with Crippen LogP contribution < -0.4 is 5.32 Å². The molecule has 0 saturated carbocycles. The second-order valence-electron chi connectivity index (χ2n) is 8.54. The van der Waals surface area contributed by atoms with Gasteiger partial charge >= 0.3 is 0 Å². The first-order chi connectivity index (χ1) is 14.8. The summed E-state index contributed by atoms with van der Waals surface area (Å²) in [5.41, 5.74) is 7.56. The number of amides is 1. The quantitative estimate of drug-likeness (QED) is 0.669. The van der Waals surface area contributed by atoms with Gasteiger partial charge in [-0.2, -0.15) is 0 Å². The Balaban J connectivity index is 1.22. The molecule has 0 saturated heterocycles. The fourth-order valence-corrected chi connectivity index (χ4v) is 4.85. The van der Waals surface area contributed by atoms with Crippen molar-refractivity contribution in [3.63, 3.8) is 0 Å². The summed E-state index contributed by atoms with van der Waals surface area (Å²) in [5, 5.41) is 3.25. The summed E-state index contributed by atoms with van der Waals surface area (Å²) in [4.78, 5) is 15.3. The third kappa shape index (κ3) is 4.03. The summed E-state index contributed by atoms with van der Waals surface area (Å²) < 4.78 is 0. The van der Waals surface area contributed by atoms with E-state index in [-0.39, 0.29) is 11.9 Å². The molecular weight excluding hydrogens is 368 g/mol. The van der Waals surface area contributed by atoms with Crippen LogP contribution in [0.4, 0.5) is 0 Å². The van der Waals surface area contributed by atoms with E-state index in [2.05, 4.69) is 70.9 Å².